The first kappa shape index (κ1) is 12.0. The van der Waals surface area contributed by atoms with Crippen molar-refractivity contribution in [3.05, 3.63) is 22.8 Å². The normalized spacial score (nSPS) is 19.8. The minimum Gasteiger partial charge on any atom is -0.330 e. The Morgan fingerprint density at radius 3 is 3.00 bits per heavy atom. The maximum atomic E-state index is 11.8. The lowest BCUT2D eigenvalue weighted by atomic mass is 10.1. The maximum absolute atomic E-state index is 11.8. The van der Waals surface area contributed by atoms with Crippen LogP contribution < -0.4 is 10.6 Å². The van der Waals surface area contributed by atoms with Gasteiger partial charge in [0.1, 0.15) is 5.82 Å². The van der Waals surface area contributed by atoms with Crippen LogP contribution in [0.1, 0.15) is 16.8 Å². The molecule has 1 aliphatic heterocycles. The van der Waals surface area contributed by atoms with E-state index in [4.69, 9.17) is 17.3 Å². The van der Waals surface area contributed by atoms with Crippen LogP contribution in [0, 0.1) is 5.92 Å². The summed E-state index contributed by atoms with van der Waals surface area (Å²) in [5, 5.41) is 0.300. The number of nitrogens with zero attached hydrogens (tertiary/aromatic N) is 2. The van der Waals surface area contributed by atoms with Gasteiger partial charge in [0, 0.05) is 19.2 Å². The van der Waals surface area contributed by atoms with E-state index in [0.717, 1.165) is 0 Å². The molecular weight excluding hydrogens is 242 g/mol. The largest absolute Gasteiger partial charge is 0.330 e. The number of aromatic nitrogens is 1. The molecule has 0 aliphatic carbocycles. The molecule has 2 heterocycles. The SMILES string of the molecule is NCC1CC(=O)N(c2nccc(Cl)c2C=O)C1. The fourth-order valence-corrected chi connectivity index (χ4v) is 2.09. The Kier molecular flexibility index (Phi) is 3.40. The Balaban J connectivity index is 2.38. The molecule has 1 saturated heterocycles. The van der Waals surface area contributed by atoms with Gasteiger partial charge in [0.05, 0.1) is 10.6 Å². The molecule has 2 N–H and O–H groups in total. The molecule has 1 aromatic rings. The summed E-state index contributed by atoms with van der Waals surface area (Å²) in [6.07, 6.45) is 2.49. The minimum atomic E-state index is -0.0710. The number of rotatable bonds is 3. The van der Waals surface area contributed by atoms with Crippen molar-refractivity contribution in [2.75, 3.05) is 18.0 Å². The van der Waals surface area contributed by atoms with Crippen LogP contribution in [0.4, 0.5) is 5.82 Å². The van der Waals surface area contributed by atoms with Gasteiger partial charge in [0.25, 0.3) is 0 Å². The second-order valence-electron chi connectivity index (χ2n) is 3.96. The topological polar surface area (TPSA) is 76.3 Å². The second-order valence-corrected chi connectivity index (χ2v) is 4.37. The van der Waals surface area contributed by atoms with Crippen molar-refractivity contribution >= 4 is 29.6 Å². The summed E-state index contributed by atoms with van der Waals surface area (Å²) in [5.74, 6) is 0.370. The highest BCUT2D eigenvalue weighted by molar-refractivity contribution is 6.33. The molecule has 1 atom stereocenters. The highest BCUT2D eigenvalue weighted by Crippen LogP contribution is 2.28. The van der Waals surface area contributed by atoms with Gasteiger partial charge >= 0.3 is 0 Å². The van der Waals surface area contributed by atoms with Gasteiger partial charge in [-0.3, -0.25) is 14.5 Å². The summed E-state index contributed by atoms with van der Waals surface area (Å²) >= 11 is 5.89. The van der Waals surface area contributed by atoms with Gasteiger partial charge < -0.3 is 5.73 Å². The van der Waals surface area contributed by atoms with Crippen molar-refractivity contribution in [2.24, 2.45) is 11.7 Å². The molecule has 1 amide bonds. The third-order valence-electron chi connectivity index (χ3n) is 2.83. The number of hydrogen-bond donors (Lipinski definition) is 1. The summed E-state index contributed by atoms with van der Waals surface area (Å²) in [6.45, 7) is 0.933. The number of hydrogen-bond acceptors (Lipinski definition) is 4. The van der Waals surface area contributed by atoms with Crippen molar-refractivity contribution < 1.29 is 9.59 Å². The zero-order chi connectivity index (χ0) is 12.4. The summed E-state index contributed by atoms with van der Waals surface area (Å²) < 4.78 is 0. The van der Waals surface area contributed by atoms with Gasteiger partial charge in [-0.25, -0.2) is 4.98 Å². The Morgan fingerprint density at radius 2 is 2.41 bits per heavy atom. The van der Waals surface area contributed by atoms with Gasteiger partial charge in [-0.1, -0.05) is 11.6 Å². The van der Waals surface area contributed by atoms with Crippen molar-refractivity contribution in [2.45, 2.75) is 6.42 Å². The molecule has 2 rings (SSSR count). The molecule has 0 saturated carbocycles. The Bertz CT molecular complexity index is 464. The third kappa shape index (κ3) is 2.16. The number of nitrogens with two attached hydrogens (primary N) is 1. The van der Waals surface area contributed by atoms with Gasteiger partial charge in [-0.15, -0.1) is 0 Å². The molecule has 6 heteroatoms. The zero-order valence-corrected chi connectivity index (χ0v) is 9.85. The number of aldehydes is 1. The molecule has 90 valence electrons. The Labute approximate surface area is 104 Å². The van der Waals surface area contributed by atoms with E-state index < -0.39 is 0 Å². The summed E-state index contributed by atoms with van der Waals surface area (Å²) in [7, 11) is 0. The highest BCUT2D eigenvalue weighted by atomic mass is 35.5. The van der Waals surface area contributed by atoms with Gasteiger partial charge in [-0.05, 0) is 18.5 Å². The molecule has 1 aromatic heterocycles. The summed E-state index contributed by atoms with van der Waals surface area (Å²) in [5.41, 5.74) is 5.79. The number of carbonyl (C=O) groups is 2. The summed E-state index contributed by atoms with van der Waals surface area (Å²) in [6, 6.07) is 1.52. The highest BCUT2D eigenvalue weighted by Gasteiger charge is 2.32. The number of halogens is 1. The van der Waals surface area contributed by atoms with Crippen LogP contribution in [-0.2, 0) is 4.79 Å². The molecule has 1 unspecified atom stereocenters. The van der Waals surface area contributed by atoms with Crippen molar-refractivity contribution in [1.29, 1.82) is 0 Å². The lowest BCUT2D eigenvalue weighted by molar-refractivity contribution is -0.117. The third-order valence-corrected chi connectivity index (χ3v) is 3.16. The number of carbonyl (C=O) groups excluding carboxylic acids is 2. The predicted octanol–water partition coefficient (Wildman–Crippen LogP) is 0.859. The number of amides is 1. The van der Waals surface area contributed by atoms with Crippen molar-refractivity contribution in [1.82, 2.24) is 4.98 Å². The molecule has 0 radical (unpaired) electrons. The fraction of sp³-hybridized carbons (Fsp3) is 0.364. The van der Waals surface area contributed by atoms with Gasteiger partial charge in [-0.2, -0.15) is 0 Å². The van der Waals surface area contributed by atoms with Crippen LogP contribution >= 0.6 is 11.6 Å². The van der Waals surface area contributed by atoms with E-state index in [0.29, 0.717) is 36.6 Å². The zero-order valence-electron chi connectivity index (χ0n) is 9.10. The maximum Gasteiger partial charge on any atom is 0.228 e. The second kappa shape index (κ2) is 4.81. The van der Waals surface area contributed by atoms with E-state index in [1.54, 1.807) is 0 Å². The Morgan fingerprint density at radius 1 is 1.65 bits per heavy atom. The van der Waals surface area contributed by atoms with Crippen LogP contribution in [-0.4, -0.2) is 30.3 Å². The minimum absolute atomic E-state index is 0.0710. The molecule has 0 spiro atoms. The van der Waals surface area contributed by atoms with Crippen LogP contribution in [0.3, 0.4) is 0 Å². The van der Waals surface area contributed by atoms with E-state index >= 15 is 0 Å². The molecule has 0 bridgehead atoms. The van der Waals surface area contributed by atoms with Gasteiger partial charge in [0.2, 0.25) is 5.91 Å². The van der Waals surface area contributed by atoms with E-state index in [9.17, 15) is 9.59 Å². The van der Waals surface area contributed by atoms with Crippen molar-refractivity contribution in [3.63, 3.8) is 0 Å². The molecular formula is C11H12ClN3O2. The first-order valence-corrected chi connectivity index (χ1v) is 5.65. The molecule has 1 fully saturated rings. The first-order valence-electron chi connectivity index (χ1n) is 5.27. The standard InChI is InChI=1S/C11H12ClN3O2/c12-9-1-2-14-11(8(9)6-16)15-5-7(4-13)3-10(15)17/h1-2,6-7H,3-5,13H2. The van der Waals surface area contributed by atoms with Gasteiger partial charge in [0.15, 0.2) is 6.29 Å². The predicted molar refractivity (Wildman–Crippen MR) is 64.1 cm³/mol. The average molecular weight is 254 g/mol. The van der Waals surface area contributed by atoms with Crippen LogP contribution in [0.15, 0.2) is 12.3 Å². The molecule has 17 heavy (non-hydrogen) atoms. The van der Waals surface area contributed by atoms with E-state index in [1.807, 2.05) is 0 Å². The van der Waals surface area contributed by atoms with Crippen LogP contribution in [0.5, 0.6) is 0 Å². The average Bonchev–Trinajstić information content (AvgIpc) is 2.70. The van der Waals surface area contributed by atoms with Crippen molar-refractivity contribution in [3.8, 4) is 0 Å². The molecule has 5 nitrogen and oxygen atoms in total. The quantitative estimate of drug-likeness (QED) is 0.811. The number of pyridine rings is 1. The first-order chi connectivity index (χ1) is 8.17. The lowest BCUT2D eigenvalue weighted by Crippen LogP contribution is -2.27. The lowest BCUT2D eigenvalue weighted by Gasteiger charge is -2.17. The van der Waals surface area contributed by atoms with E-state index in [2.05, 4.69) is 4.98 Å². The number of anilines is 1. The van der Waals surface area contributed by atoms with E-state index in [1.165, 1.54) is 17.2 Å². The Hall–Kier alpha value is -1.46. The van der Waals surface area contributed by atoms with Crippen LogP contribution in [0.2, 0.25) is 5.02 Å². The molecule has 1 aliphatic rings. The molecule has 0 aromatic carbocycles. The summed E-state index contributed by atoms with van der Waals surface area (Å²) in [4.78, 5) is 28.3. The fourth-order valence-electron chi connectivity index (χ4n) is 1.91. The van der Waals surface area contributed by atoms with E-state index in [-0.39, 0.29) is 17.4 Å². The monoisotopic (exact) mass is 253 g/mol. The van der Waals surface area contributed by atoms with Crippen LogP contribution in [0.25, 0.3) is 0 Å². The smallest absolute Gasteiger partial charge is 0.228 e.